The third-order valence-electron chi connectivity index (χ3n) is 21.3. The zero-order valence-corrected chi connectivity index (χ0v) is 51.6. The molecule has 88 heavy (non-hydrogen) atoms. The first kappa shape index (κ1) is 52.6. The molecule has 5 aliphatic rings. The number of anilines is 6. The quantitative estimate of drug-likeness (QED) is 0.111. The van der Waals surface area contributed by atoms with Crippen LogP contribution < -0.4 is 9.80 Å². The van der Waals surface area contributed by atoms with E-state index in [4.69, 9.17) is 0 Å². The van der Waals surface area contributed by atoms with Crippen molar-refractivity contribution >= 4 is 61.2 Å². The van der Waals surface area contributed by atoms with Crippen LogP contribution in [0.2, 0.25) is 0 Å². The molecule has 2 heteroatoms. The number of nitrogens with zero attached hydrogens (tertiary/aromatic N) is 2. The van der Waals surface area contributed by atoms with E-state index in [0.717, 1.165) is 47.0 Å². The summed E-state index contributed by atoms with van der Waals surface area (Å²) in [6.07, 6.45) is 6.92. The maximum Gasteiger partial charge on any atom is 0.0620 e. The lowest BCUT2D eigenvalue weighted by molar-refractivity contribution is 0.607. The van der Waals surface area contributed by atoms with Crippen LogP contribution in [0, 0.1) is 0 Å². The summed E-state index contributed by atoms with van der Waals surface area (Å²) in [6, 6.07) is 93.3. The summed E-state index contributed by atoms with van der Waals surface area (Å²) in [5, 5.41) is 4.68. The standard InChI is InChI=1S/C86H70N2/c1-83(2)76-34-22-18-30-64(76)70-49-57(40-46-77(70)83)87(58-37-43-65-61-27-15-19-31-73(61)84(3,4)78(65)50-58)81-68-41-35-56(54-25-13-10-14-26-54)48-72(68)82(69-42-36-55(47-71(69)81)53-23-11-9-12-24-53)88(59-38-44-66-62-28-16-20-32-74(62)85(5,6)79(66)51-59)60-39-45-67-63-29-17-21-33-75(63)86(7,8)80(67)52-60/h9-20,22-32,34-52H,21,33H2,1-8H3. The maximum atomic E-state index is 2.65. The second kappa shape index (κ2) is 18.9. The van der Waals surface area contributed by atoms with E-state index in [1.165, 1.54) is 127 Å². The van der Waals surface area contributed by atoms with Crippen molar-refractivity contribution in [3.05, 3.63) is 305 Å². The fourth-order valence-electron chi connectivity index (χ4n) is 16.8. The van der Waals surface area contributed by atoms with Gasteiger partial charge in [0.25, 0.3) is 0 Å². The molecule has 0 heterocycles. The van der Waals surface area contributed by atoms with Crippen molar-refractivity contribution < 1.29 is 0 Å². The van der Waals surface area contributed by atoms with E-state index in [1.54, 1.807) is 5.57 Å². The van der Waals surface area contributed by atoms with Crippen molar-refractivity contribution in [3.63, 3.8) is 0 Å². The highest BCUT2D eigenvalue weighted by Gasteiger charge is 2.42. The van der Waals surface area contributed by atoms with Gasteiger partial charge in [-0.1, -0.05) is 255 Å². The molecule has 12 aromatic carbocycles. The van der Waals surface area contributed by atoms with Gasteiger partial charge < -0.3 is 9.80 Å². The lowest BCUT2D eigenvalue weighted by atomic mass is 9.78. The molecule has 0 aliphatic heterocycles. The van der Waals surface area contributed by atoms with Crippen molar-refractivity contribution in [2.75, 3.05) is 9.80 Å². The van der Waals surface area contributed by atoms with Gasteiger partial charge in [-0.25, -0.2) is 0 Å². The average molecular weight is 1130 g/mol. The minimum atomic E-state index is -0.227. The van der Waals surface area contributed by atoms with Gasteiger partial charge in [0.1, 0.15) is 0 Å². The van der Waals surface area contributed by atoms with Gasteiger partial charge in [-0.2, -0.15) is 0 Å². The summed E-state index contributed by atoms with van der Waals surface area (Å²) < 4.78 is 0. The highest BCUT2D eigenvalue weighted by Crippen LogP contribution is 2.59. The van der Waals surface area contributed by atoms with E-state index < -0.39 is 0 Å². The monoisotopic (exact) mass is 1130 g/mol. The normalized spacial score (nSPS) is 16.1. The van der Waals surface area contributed by atoms with Crippen molar-refractivity contribution in [1.82, 2.24) is 0 Å². The van der Waals surface area contributed by atoms with Gasteiger partial charge in [0, 0.05) is 66.0 Å². The van der Waals surface area contributed by atoms with Crippen LogP contribution in [0.1, 0.15) is 113 Å². The Balaban J connectivity index is 1.01. The second-order valence-electron chi connectivity index (χ2n) is 27.5. The van der Waals surface area contributed by atoms with Gasteiger partial charge in [0.2, 0.25) is 0 Å². The summed E-state index contributed by atoms with van der Waals surface area (Å²) in [5.74, 6) is 0. The topological polar surface area (TPSA) is 6.48 Å². The Kier molecular flexibility index (Phi) is 11.3. The zero-order chi connectivity index (χ0) is 59.6. The highest BCUT2D eigenvalue weighted by atomic mass is 15.2. The van der Waals surface area contributed by atoms with Crippen LogP contribution in [0.5, 0.6) is 0 Å². The molecule has 0 bridgehead atoms. The SMILES string of the molecule is CC1(C)C2=C(C=CCC2)c2ccc(N(c3ccc4c(c3)C(C)(C)c3ccccc3-4)c3c4ccc(-c5ccccc5)cc4c(N(c4ccc5c(c4)-c4ccccc4C5(C)C)c4ccc5c(c4)C(C)(C)c4ccccc4-5)c4ccc(-c5ccccc5)cc34)cc21. The summed E-state index contributed by atoms with van der Waals surface area (Å²) >= 11 is 0. The molecule has 0 saturated carbocycles. The largest absolute Gasteiger partial charge is 0.309 e. The molecule has 0 saturated heterocycles. The Morgan fingerprint density at radius 1 is 0.273 bits per heavy atom. The number of rotatable bonds is 8. The molecule has 5 aliphatic carbocycles. The van der Waals surface area contributed by atoms with E-state index in [1.807, 2.05) is 0 Å². The van der Waals surface area contributed by atoms with Crippen molar-refractivity contribution in [1.29, 1.82) is 0 Å². The maximum absolute atomic E-state index is 2.65. The van der Waals surface area contributed by atoms with Gasteiger partial charge >= 0.3 is 0 Å². The molecule has 0 fully saturated rings. The third kappa shape index (κ3) is 7.48. The summed E-state index contributed by atoms with van der Waals surface area (Å²) in [6.45, 7) is 19.3. The third-order valence-corrected chi connectivity index (χ3v) is 21.3. The van der Waals surface area contributed by atoms with Crippen molar-refractivity contribution in [3.8, 4) is 55.6 Å². The number of hydrogen-bond donors (Lipinski definition) is 0. The molecule has 0 N–H and O–H groups in total. The highest BCUT2D eigenvalue weighted by molar-refractivity contribution is 6.24. The minimum Gasteiger partial charge on any atom is -0.309 e. The number of allylic oxidation sites excluding steroid dienone is 4. The van der Waals surface area contributed by atoms with Crippen LogP contribution in [0.3, 0.4) is 0 Å². The summed E-state index contributed by atoms with van der Waals surface area (Å²) in [5.41, 5.74) is 32.5. The van der Waals surface area contributed by atoms with Crippen molar-refractivity contribution in [2.24, 2.45) is 0 Å². The predicted octanol–water partition coefficient (Wildman–Crippen LogP) is 23.6. The minimum absolute atomic E-state index is 0.143. The number of benzene rings is 12. The van der Waals surface area contributed by atoms with Gasteiger partial charge in [0.15, 0.2) is 0 Å². The Morgan fingerprint density at radius 2 is 0.648 bits per heavy atom. The van der Waals surface area contributed by atoms with Crippen LogP contribution in [0.4, 0.5) is 34.1 Å². The first-order valence-corrected chi connectivity index (χ1v) is 31.7. The molecule has 424 valence electrons. The Hall–Kier alpha value is -9.76. The van der Waals surface area contributed by atoms with Gasteiger partial charge in [0.05, 0.1) is 11.4 Å². The molecule has 17 rings (SSSR count). The van der Waals surface area contributed by atoms with E-state index in [-0.39, 0.29) is 21.7 Å². The smallest absolute Gasteiger partial charge is 0.0620 e. The van der Waals surface area contributed by atoms with E-state index >= 15 is 0 Å². The summed E-state index contributed by atoms with van der Waals surface area (Å²) in [7, 11) is 0. The average Bonchev–Trinajstić information content (AvgIpc) is 1.01. The Bertz CT molecular complexity index is 5020. The van der Waals surface area contributed by atoms with Crippen LogP contribution >= 0.6 is 0 Å². The molecule has 2 nitrogen and oxygen atoms in total. The predicted molar refractivity (Wildman–Crippen MR) is 373 cm³/mol. The lowest BCUT2D eigenvalue weighted by Crippen LogP contribution is -2.20. The Morgan fingerprint density at radius 3 is 1.14 bits per heavy atom. The fraction of sp³-hybridized carbons (Fsp3) is 0.163. The van der Waals surface area contributed by atoms with E-state index in [9.17, 15) is 0 Å². The van der Waals surface area contributed by atoms with Crippen LogP contribution in [0.25, 0.3) is 82.8 Å². The van der Waals surface area contributed by atoms with E-state index in [0.29, 0.717) is 0 Å². The van der Waals surface area contributed by atoms with E-state index in [2.05, 4.69) is 320 Å². The number of hydrogen-bond acceptors (Lipinski definition) is 2. The molecule has 0 unspecified atom stereocenters. The van der Waals surface area contributed by atoms with Crippen LogP contribution in [0.15, 0.2) is 260 Å². The molecular formula is C86H70N2. The molecule has 0 spiro atoms. The second-order valence-corrected chi connectivity index (χ2v) is 27.5. The first-order chi connectivity index (χ1) is 42.7. The molecular weight excluding hydrogens is 1060 g/mol. The van der Waals surface area contributed by atoms with Gasteiger partial charge in [-0.15, -0.1) is 0 Å². The molecule has 0 aromatic heterocycles. The van der Waals surface area contributed by atoms with Crippen LogP contribution in [-0.2, 0) is 21.7 Å². The first-order valence-electron chi connectivity index (χ1n) is 31.7. The van der Waals surface area contributed by atoms with Gasteiger partial charge in [-0.3, -0.25) is 0 Å². The lowest BCUT2D eigenvalue weighted by Gasteiger charge is -2.35. The van der Waals surface area contributed by atoms with Crippen molar-refractivity contribution in [2.45, 2.75) is 89.9 Å². The fourth-order valence-corrected chi connectivity index (χ4v) is 16.8. The molecule has 12 aromatic rings. The zero-order valence-electron chi connectivity index (χ0n) is 51.6. The molecule has 0 amide bonds. The molecule has 0 radical (unpaired) electrons. The number of fused-ring (bicyclic) bond motifs is 13. The van der Waals surface area contributed by atoms with Crippen LogP contribution in [-0.4, -0.2) is 0 Å². The molecule has 0 atom stereocenters. The Labute approximate surface area is 518 Å². The summed E-state index contributed by atoms with van der Waals surface area (Å²) in [4.78, 5) is 5.29. The van der Waals surface area contributed by atoms with Gasteiger partial charge in [-0.05, 0) is 179 Å².